The van der Waals surface area contributed by atoms with E-state index in [0.717, 1.165) is 29.6 Å². The SMILES string of the molecule is CCCNc1cc(NC(C)c2nccs2)nc(COC)n1. The Morgan fingerprint density at radius 3 is 2.81 bits per heavy atom. The maximum atomic E-state index is 5.13. The van der Waals surface area contributed by atoms with Crippen LogP contribution in [0.4, 0.5) is 11.6 Å². The Kier molecular flexibility index (Phi) is 5.89. The highest BCUT2D eigenvalue weighted by molar-refractivity contribution is 7.09. The Morgan fingerprint density at radius 1 is 1.33 bits per heavy atom. The highest BCUT2D eigenvalue weighted by Crippen LogP contribution is 2.21. The third-order valence-electron chi connectivity index (χ3n) is 2.79. The number of nitrogens with zero attached hydrogens (tertiary/aromatic N) is 3. The van der Waals surface area contributed by atoms with Crippen molar-refractivity contribution in [2.24, 2.45) is 0 Å². The Bertz CT molecular complexity index is 546. The average Bonchev–Trinajstić information content (AvgIpc) is 2.99. The van der Waals surface area contributed by atoms with Crippen LogP contribution in [0.3, 0.4) is 0 Å². The van der Waals surface area contributed by atoms with E-state index in [0.29, 0.717) is 12.4 Å². The summed E-state index contributed by atoms with van der Waals surface area (Å²) in [6, 6.07) is 2.02. The van der Waals surface area contributed by atoms with E-state index in [1.807, 2.05) is 17.6 Å². The summed E-state index contributed by atoms with van der Waals surface area (Å²) in [4.78, 5) is 13.2. The van der Waals surface area contributed by atoms with Crippen LogP contribution in [0.2, 0.25) is 0 Å². The fourth-order valence-electron chi connectivity index (χ4n) is 1.84. The van der Waals surface area contributed by atoms with Crippen LogP contribution < -0.4 is 10.6 Å². The molecule has 114 valence electrons. The molecule has 2 aromatic rings. The molecular formula is C14H21N5OS. The summed E-state index contributed by atoms with van der Waals surface area (Å²) < 4.78 is 5.13. The van der Waals surface area contributed by atoms with Crippen molar-refractivity contribution in [1.29, 1.82) is 0 Å². The molecule has 0 saturated carbocycles. The summed E-state index contributed by atoms with van der Waals surface area (Å²) in [6.07, 6.45) is 2.85. The van der Waals surface area contributed by atoms with Gasteiger partial charge in [0.25, 0.3) is 0 Å². The third-order valence-corrected chi connectivity index (χ3v) is 3.75. The number of aromatic nitrogens is 3. The Labute approximate surface area is 129 Å². The van der Waals surface area contributed by atoms with Crippen LogP contribution in [-0.4, -0.2) is 28.6 Å². The van der Waals surface area contributed by atoms with E-state index in [1.54, 1.807) is 18.4 Å². The highest BCUT2D eigenvalue weighted by atomic mass is 32.1. The third kappa shape index (κ3) is 4.64. The zero-order valence-electron chi connectivity index (χ0n) is 12.6. The minimum absolute atomic E-state index is 0.106. The second-order valence-corrected chi connectivity index (χ2v) is 5.58. The monoisotopic (exact) mass is 307 g/mol. The molecular weight excluding hydrogens is 286 g/mol. The highest BCUT2D eigenvalue weighted by Gasteiger charge is 2.11. The smallest absolute Gasteiger partial charge is 0.158 e. The number of rotatable bonds is 8. The molecule has 0 aliphatic carbocycles. The summed E-state index contributed by atoms with van der Waals surface area (Å²) in [6.45, 7) is 5.46. The molecule has 0 fully saturated rings. The fourth-order valence-corrected chi connectivity index (χ4v) is 2.49. The number of methoxy groups -OCH3 is 1. The number of ether oxygens (including phenoxy) is 1. The van der Waals surface area contributed by atoms with Crippen LogP contribution in [0.15, 0.2) is 17.6 Å². The van der Waals surface area contributed by atoms with Crippen molar-refractivity contribution in [2.75, 3.05) is 24.3 Å². The van der Waals surface area contributed by atoms with E-state index in [9.17, 15) is 0 Å². The van der Waals surface area contributed by atoms with E-state index < -0.39 is 0 Å². The zero-order chi connectivity index (χ0) is 15.1. The summed E-state index contributed by atoms with van der Waals surface area (Å²) >= 11 is 1.63. The van der Waals surface area contributed by atoms with Gasteiger partial charge in [-0.05, 0) is 13.3 Å². The van der Waals surface area contributed by atoms with Crippen LogP contribution in [0.25, 0.3) is 0 Å². The second kappa shape index (κ2) is 7.90. The van der Waals surface area contributed by atoms with Gasteiger partial charge in [0.05, 0.1) is 6.04 Å². The molecule has 2 rings (SSSR count). The average molecular weight is 307 g/mol. The first-order chi connectivity index (χ1) is 10.2. The molecule has 7 heteroatoms. The van der Waals surface area contributed by atoms with Gasteiger partial charge in [0.15, 0.2) is 5.82 Å². The van der Waals surface area contributed by atoms with Crippen LogP contribution in [0, 0.1) is 0 Å². The van der Waals surface area contributed by atoms with Crippen molar-refractivity contribution < 1.29 is 4.74 Å². The van der Waals surface area contributed by atoms with Gasteiger partial charge in [0.1, 0.15) is 23.3 Å². The number of nitrogens with one attached hydrogen (secondary N) is 2. The molecule has 1 atom stereocenters. The molecule has 0 aromatic carbocycles. The number of thiazole rings is 1. The molecule has 0 amide bonds. The standard InChI is InChI=1S/C14H21N5OS/c1-4-5-15-11-8-12(19-13(18-11)9-20-3)17-10(2)14-16-6-7-21-14/h6-8,10H,4-5,9H2,1-3H3,(H2,15,17,18,19). The van der Waals surface area contributed by atoms with Crippen LogP contribution in [0.1, 0.15) is 37.1 Å². The van der Waals surface area contributed by atoms with E-state index in [4.69, 9.17) is 4.74 Å². The molecule has 0 aliphatic rings. The van der Waals surface area contributed by atoms with Crippen molar-refractivity contribution in [3.8, 4) is 0 Å². The number of anilines is 2. The summed E-state index contributed by atoms with van der Waals surface area (Å²) in [7, 11) is 1.64. The molecule has 0 saturated heterocycles. The molecule has 2 heterocycles. The fraction of sp³-hybridized carbons (Fsp3) is 0.500. The topological polar surface area (TPSA) is 72.0 Å². The van der Waals surface area contributed by atoms with Gasteiger partial charge >= 0.3 is 0 Å². The first-order valence-corrected chi connectivity index (χ1v) is 7.87. The van der Waals surface area contributed by atoms with Gasteiger partial charge in [-0.2, -0.15) is 0 Å². The van der Waals surface area contributed by atoms with Crippen molar-refractivity contribution in [1.82, 2.24) is 15.0 Å². The maximum absolute atomic E-state index is 5.13. The van der Waals surface area contributed by atoms with Crippen molar-refractivity contribution in [2.45, 2.75) is 32.9 Å². The lowest BCUT2D eigenvalue weighted by molar-refractivity contribution is 0.178. The minimum Gasteiger partial charge on any atom is -0.377 e. The first-order valence-electron chi connectivity index (χ1n) is 6.99. The predicted molar refractivity (Wildman–Crippen MR) is 85.7 cm³/mol. The predicted octanol–water partition coefficient (Wildman–Crippen LogP) is 3.07. The lowest BCUT2D eigenvalue weighted by atomic mass is 10.3. The van der Waals surface area contributed by atoms with Gasteiger partial charge in [0, 0.05) is 31.3 Å². The van der Waals surface area contributed by atoms with E-state index in [-0.39, 0.29) is 6.04 Å². The molecule has 6 nitrogen and oxygen atoms in total. The Hall–Kier alpha value is -1.73. The molecule has 2 N–H and O–H groups in total. The Balaban J connectivity index is 2.14. The van der Waals surface area contributed by atoms with Gasteiger partial charge in [-0.3, -0.25) is 0 Å². The second-order valence-electron chi connectivity index (χ2n) is 4.65. The molecule has 0 bridgehead atoms. The van der Waals surface area contributed by atoms with Gasteiger partial charge < -0.3 is 15.4 Å². The quantitative estimate of drug-likeness (QED) is 0.781. The maximum Gasteiger partial charge on any atom is 0.158 e. The van der Waals surface area contributed by atoms with Crippen LogP contribution >= 0.6 is 11.3 Å². The van der Waals surface area contributed by atoms with Gasteiger partial charge in [-0.15, -0.1) is 11.3 Å². The normalized spacial score (nSPS) is 12.1. The van der Waals surface area contributed by atoms with E-state index >= 15 is 0 Å². The lowest BCUT2D eigenvalue weighted by Crippen LogP contribution is -2.12. The molecule has 2 aromatic heterocycles. The van der Waals surface area contributed by atoms with Gasteiger partial charge in [0.2, 0.25) is 0 Å². The lowest BCUT2D eigenvalue weighted by Gasteiger charge is -2.14. The Morgan fingerprint density at radius 2 is 2.14 bits per heavy atom. The zero-order valence-corrected chi connectivity index (χ0v) is 13.4. The van der Waals surface area contributed by atoms with Crippen molar-refractivity contribution in [3.05, 3.63) is 28.5 Å². The van der Waals surface area contributed by atoms with E-state index in [1.165, 1.54) is 0 Å². The molecule has 1 unspecified atom stereocenters. The molecule has 0 radical (unpaired) electrons. The molecule has 21 heavy (non-hydrogen) atoms. The largest absolute Gasteiger partial charge is 0.377 e. The van der Waals surface area contributed by atoms with Crippen LogP contribution in [0.5, 0.6) is 0 Å². The van der Waals surface area contributed by atoms with Gasteiger partial charge in [-0.25, -0.2) is 15.0 Å². The minimum atomic E-state index is 0.106. The summed E-state index contributed by atoms with van der Waals surface area (Å²) in [5, 5.41) is 9.65. The van der Waals surface area contributed by atoms with Crippen LogP contribution in [-0.2, 0) is 11.3 Å². The summed E-state index contributed by atoms with van der Waals surface area (Å²) in [5.41, 5.74) is 0. The number of hydrogen-bond acceptors (Lipinski definition) is 7. The van der Waals surface area contributed by atoms with Crippen molar-refractivity contribution >= 4 is 23.0 Å². The summed E-state index contributed by atoms with van der Waals surface area (Å²) in [5.74, 6) is 2.25. The van der Waals surface area contributed by atoms with Gasteiger partial charge in [-0.1, -0.05) is 6.92 Å². The molecule has 0 spiro atoms. The molecule has 0 aliphatic heterocycles. The van der Waals surface area contributed by atoms with Crippen molar-refractivity contribution in [3.63, 3.8) is 0 Å². The number of hydrogen-bond donors (Lipinski definition) is 2. The first kappa shape index (κ1) is 15.7. The van der Waals surface area contributed by atoms with E-state index in [2.05, 4.69) is 39.4 Å².